The molecule has 1 aliphatic rings. The topological polar surface area (TPSA) is 38.8 Å². The first kappa shape index (κ1) is 19.6. The molecule has 1 fully saturated rings. The number of likely N-dealkylation sites (N-methyl/N-ethyl adjacent to an activating group) is 1. The fourth-order valence-electron chi connectivity index (χ4n) is 3.26. The third-order valence-corrected chi connectivity index (χ3v) is 4.69. The van der Waals surface area contributed by atoms with Crippen LogP contribution in [0, 0.1) is 0 Å². The van der Waals surface area contributed by atoms with E-state index in [1.54, 1.807) is 25.3 Å². The van der Waals surface area contributed by atoms with Crippen molar-refractivity contribution in [3.63, 3.8) is 0 Å². The highest BCUT2D eigenvalue weighted by atomic mass is 35.5. The molecule has 1 saturated carbocycles. The molecule has 0 unspecified atom stereocenters. The molecule has 0 spiro atoms. The SMILES string of the molecule is CCN(C(=O)/C=C/c1cc(Cl)c(OC(C)C)c(OC)c1)C1CCCC1. The molecule has 4 nitrogen and oxygen atoms in total. The van der Waals surface area contributed by atoms with E-state index in [1.807, 2.05) is 31.7 Å². The number of carbonyl (C=O) groups is 1. The Balaban J connectivity index is 2.16. The molecule has 1 amide bonds. The summed E-state index contributed by atoms with van der Waals surface area (Å²) in [6.45, 7) is 6.64. The molecule has 25 heavy (non-hydrogen) atoms. The fourth-order valence-corrected chi connectivity index (χ4v) is 3.52. The molecule has 1 aromatic carbocycles. The Morgan fingerprint density at radius 1 is 1.36 bits per heavy atom. The first-order valence-corrected chi connectivity index (χ1v) is 9.36. The summed E-state index contributed by atoms with van der Waals surface area (Å²) in [7, 11) is 1.58. The van der Waals surface area contributed by atoms with Crippen molar-refractivity contribution in [2.75, 3.05) is 13.7 Å². The van der Waals surface area contributed by atoms with Gasteiger partial charge in [0, 0.05) is 18.7 Å². The van der Waals surface area contributed by atoms with E-state index in [0.717, 1.165) is 24.9 Å². The molecule has 0 saturated heterocycles. The molecule has 5 heteroatoms. The Labute approximate surface area is 155 Å². The van der Waals surface area contributed by atoms with Gasteiger partial charge < -0.3 is 14.4 Å². The first-order valence-electron chi connectivity index (χ1n) is 8.99. The number of nitrogens with zero attached hydrogens (tertiary/aromatic N) is 1. The second-order valence-electron chi connectivity index (χ2n) is 6.60. The number of rotatable bonds is 7. The van der Waals surface area contributed by atoms with Gasteiger partial charge in [0.1, 0.15) is 0 Å². The van der Waals surface area contributed by atoms with Crippen LogP contribution in [0.2, 0.25) is 5.02 Å². The molecule has 0 bridgehead atoms. The van der Waals surface area contributed by atoms with Crippen molar-refractivity contribution in [2.24, 2.45) is 0 Å². The minimum absolute atomic E-state index is 0.00102. The average Bonchev–Trinajstić information content (AvgIpc) is 3.09. The van der Waals surface area contributed by atoms with Crippen molar-refractivity contribution in [3.05, 3.63) is 28.8 Å². The highest BCUT2D eigenvalue weighted by Crippen LogP contribution is 2.37. The molecule has 0 aromatic heterocycles. The van der Waals surface area contributed by atoms with Gasteiger partial charge in [0.05, 0.1) is 18.2 Å². The van der Waals surface area contributed by atoms with Crippen LogP contribution >= 0.6 is 11.6 Å². The average molecular weight is 366 g/mol. The summed E-state index contributed by atoms with van der Waals surface area (Å²) >= 11 is 6.33. The molecule has 0 N–H and O–H groups in total. The third kappa shape index (κ3) is 5.15. The van der Waals surface area contributed by atoms with Crippen molar-refractivity contribution in [1.82, 2.24) is 4.90 Å². The van der Waals surface area contributed by atoms with E-state index in [-0.39, 0.29) is 12.0 Å². The number of benzene rings is 1. The molecular weight excluding hydrogens is 338 g/mol. The Bertz CT molecular complexity index is 622. The molecule has 0 radical (unpaired) electrons. The van der Waals surface area contributed by atoms with Crippen LogP contribution in [0.1, 0.15) is 52.0 Å². The molecular formula is C20H28ClNO3. The lowest BCUT2D eigenvalue weighted by Crippen LogP contribution is -2.37. The maximum atomic E-state index is 12.5. The number of hydrogen-bond acceptors (Lipinski definition) is 3. The van der Waals surface area contributed by atoms with Gasteiger partial charge in [-0.15, -0.1) is 0 Å². The largest absolute Gasteiger partial charge is 0.493 e. The minimum atomic E-state index is -0.00102. The van der Waals surface area contributed by atoms with E-state index in [9.17, 15) is 4.79 Å². The monoisotopic (exact) mass is 365 g/mol. The van der Waals surface area contributed by atoms with Crippen LogP contribution in [0.5, 0.6) is 11.5 Å². The summed E-state index contributed by atoms with van der Waals surface area (Å²) < 4.78 is 11.1. The van der Waals surface area contributed by atoms with Gasteiger partial charge in [0.2, 0.25) is 5.91 Å². The van der Waals surface area contributed by atoms with Crippen molar-refractivity contribution < 1.29 is 14.3 Å². The Kier molecular flexibility index (Phi) is 7.18. The highest BCUT2D eigenvalue weighted by Gasteiger charge is 2.23. The fraction of sp³-hybridized carbons (Fsp3) is 0.550. The molecule has 0 aliphatic heterocycles. The van der Waals surface area contributed by atoms with Crippen LogP contribution in [0.4, 0.5) is 0 Å². The lowest BCUT2D eigenvalue weighted by atomic mass is 10.1. The van der Waals surface area contributed by atoms with Crippen molar-refractivity contribution >= 4 is 23.6 Å². The number of ether oxygens (including phenoxy) is 2. The maximum Gasteiger partial charge on any atom is 0.246 e. The lowest BCUT2D eigenvalue weighted by molar-refractivity contribution is -0.127. The zero-order chi connectivity index (χ0) is 18.4. The normalized spacial score (nSPS) is 15.1. The van der Waals surface area contributed by atoms with E-state index in [2.05, 4.69) is 0 Å². The number of carbonyl (C=O) groups excluding carboxylic acids is 1. The smallest absolute Gasteiger partial charge is 0.246 e. The quantitative estimate of drug-likeness (QED) is 0.642. The summed E-state index contributed by atoms with van der Waals surface area (Å²) in [6, 6.07) is 4.00. The summed E-state index contributed by atoms with van der Waals surface area (Å²) in [5.74, 6) is 1.15. The van der Waals surface area contributed by atoms with E-state index >= 15 is 0 Å². The van der Waals surface area contributed by atoms with Crippen LogP contribution in [0.15, 0.2) is 18.2 Å². The summed E-state index contributed by atoms with van der Waals surface area (Å²) in [6.07, 6.45) is 8.04. The summed E-state index contributed by atoms with van der Waals surface area (Å²) in [5.41, 5.74) is 0.814. The van der Waals surface area contributed by atoms with Gasteiger partial charge in [-0.1, -0.05) is 24.4 Å². The predicted octanol–water partition coefficient (Wildman–Crippen LogP) is 4.94. The molecule has 1 aromatic rings. The molecule has 0 heterocycles. The van der Waals surface area contributed by atoms with Crippen molar-refractivity contribution in [3.8, 4) is 11.5 Å². The van der Waals surface area contributed by atoms with E-state index < -0.39 is 0 Å². The lowest BCUT2D eigenvalue weighted by Gasteiger charge is -2.26. The molecule has 138 valence electrons. The van der Waals surface area contributed by atoms with Crippen LogP contribution in [0.3, 0.4) is 0 Å². The molecule has 1 aliphatic carbocycles. The predicted molar refractivity (Wildman–Crippen MR) is 102 cm³/mol. The number of hydrogen-bond donors (Lipinski definition) is 0. The standard InChI is InChI=1S/C20H28ClNO3/c1-5-22(16-8-6-7-9-16)19(23)11-10-15-12-17(21)20(25-14(2)3)18(13-15)24-4/h10-14,16H,5-9H2,1-4H3/b11-10+. The van der Waals surface area contributed by atoms with Crippen LogP contribution < -0.4 is 9.47 Å². The van der Waals surface area contributed by atoms with Crippen LogP contribution in [-0.4, -0.2) is 36.6 Å². The third-order valence-electron chi connectivity index (χ3n) is 4.41. The van der Waals surface area contributed by atoms with Crippen molar-refractivity contribution in [2.45, 2.75) is 58.6 Å². The summed E-state index contributed by atoms with van der Waals surface area (Å²) in [4.78, 5) is 14.5. The molecule has 0 atom stereocenters. The van der Waals surface area contributed by atoms with Gasteiger partial charge in [0.15, 0.2) is 11.5 Å². The maximum absolute atomic E-state index is 12.5. The van der Waals surface area contributed by atoms with Gasteiger partial charge >= 0.3 is 0 Å². The van der Waals surface area contributed by atoms with Crippen LogP contribution in [0.25, 0.3) is 6.08 Å². The first-order chi connectivity index (χ1) is 12.0. The number of methoxy groups -OCH3 is 1. The Hall–Kier alpha value is -1.68. The van der Waals surface area contributed by atoms with Gasteiger partial charge in [-0.05, 0) is 57.4 Å². The van der Waals surface area contributed by atoms with E-state index in [4.69, 9.17) is 21.1 Å². The van der Waals surface area contributed by atoms with E-state index in [1.165, 1.54) is 12.8 Å². The van der Waals surface area contributed by atoms with Gasteiger partial charge in [0.25, 0.3) is 0 Å². The Morgan fingerprint density at radius 3 is 2.60 bits per heavy atom. The second-order valence-corrected chi connectivity index (χ2v) is 7.00. The number of amides is 1. The van der Waals surface area contributed by atoms with Crippen LogP contribution in [-0.2, 0) is 4.79 Å². The minimum Gasteiger partial charge on any atom is -0.493 e. The zero-order valence-electron chi connectivity index (χ0n) is 15.5. The van der Waals surface area contributed by atoms with Gasteiger partial charge in [-0.3, -0.25) is 4.79 Å². The highest BCUT2D eigenvalue weighted by molar-refractivity contribution is 6.32. The molecule has 2 rings (SSSR count). The summed E-state index contributed by atoms with van der Waals surface area (Å²) in [5, 5.41) is 0.475. The Morgan fingerprint density at radius 2 is 2.04 bits per heavy atom. The van der Waals surface area contributed by atoms with Gasteiger partial charge in [-0.25, -0.2) is 0 Å². The zero-order valence-corrected chi connectivity index (χ0v) is 16.3. The van der Waals surface area contributed by atoms with Crippen molar-refractivity contribution in [1.29, 1.82) is 0 Å². The van der Waals surface area contributed by atoms with Gasteiger partial charge in [-0.2, -0.15) is 0 Å². The second kappa shape index (κ2) is 9.14. The van der Waals surface area contributed by atoms with E-state index in [0.29, 0.717) is 22.6 Å². The number of halogens is 1.